The predicted molar refractivity (Wildman–Crippen MR) is 64.4 cm³/mol. The van der Waals surface area contributed by atoms with Gasteiger partial charge in [-0.2, -0.15) is 0 Å². The topological polar surface area (TPSA) is 0 Å². The van der Waals surface area contributed by atoms with E-state index < -0.39 is 0 Å². The van der Waals surface area contributed by atoms with E-state index >= 15 is 0 Å². The Morgan fingerprint density at radius 1 is 1.36 bits per heavy atom. The molecule has 0 amide bonds. The van der Waals surface area contributed by atoms with E-state index in [9.17, 15) is 0 Å². The van der Waals surface area contributed by atoms with Gasteiger partial charge < -0.3 is 0 Å². The molecule has 0 heterocycles. The molecule has 1 atom stereocenters. The molecule has 0 aromatic heterocycles. The normalized spacial score (nSPS) is 23.4. The molecule has 0 heteroatoms. The summed E-state index contributed by atoms with van der Waals surface area (Å²) in [5.41, 5.74) is 2.25. The van der Waals surface area contributed by atoms with Crippen LogP contribution >= 0.6 is 0 Å². The van der Waals surface area contributed by atoms with Crippen LogP contribution in [0, 0.1) is 11.3 Å². The van der Waals surface area contributed by atoms with Crippen LogP contribution in [0.1, 0.15) is 66.2 Å². The van der Waals surface area contributed by atoms with Crippen LogP contribution in [-0.4, -0.2) is 0 Å². The molecule has 0 aliphatic heterocycles. The predicted octanol–water partition coefficient (Wildman–Crippen LogP) is 4.95. The lowest BCUT2D eigenvalue weighted by Crippen LogP contribution is -2.25. The fourth-order valence-electron chi connectivity index (χ4n) is 2.77. The summed E-state index contributed by atoms with van der Waals surface area (Å²) < 4.78 is 0. The molecule has 1 unspecified atom stereocenters. The summed E-state index contributed by atoms with van der Waals surface area (Å²) in [6.07, 6.45) is 10.6. The average Bonchev–Trinajstić information content (AvgIpc) is 2.18. The van der Waals surface area contributed by atoms with Crippen molar-refractivity contribution in [3.63, 3.8) is 0 Å². The number of hydrogen-bond donors (Lipinski definition) is 0. The Kier molecular flexibility index (Phi) is 4.22. The molecular formula is C14H26. The van der Waals surface area contributed by atoms with Crippen molar-refractivity contribution < 1.29 is 0 Å². The summed E-state index contributed by atoms with van der Waals surface area (Å²) in [6, 6.07) is 0. The molecule has 14 heavy (non-hydrogen) atoms. The Hall–Kier alpha value is -0.260. The Bertz CT molecular complexity index is 198. The second kappa shape index (κ2) is 5.00. The zero-order valence-corrected chi connectivity index (χ0v) is 10.4. The molecule has 82 valence electrons. The van der Waals surface area contributed by atoms with Gasteiger partial charge in [0.05, 0.1) is 0 Å². The lowest BCUT2D eigenvalue weighted by molar-refractivity contribution is 0.177. The molecule has 0 N–H and O–H groups in total. The highest BCUT2D eigenvalue weighted by Gasteiger charge is 2.29. The fourth-order valence-corrected chi connectivity index (χ4v) is 2.77. The Morgan fingerprint density at radius 3 is 2.50 bits per heavy atom. The second-order valence-electron chi connectivity index (χ2n) is 5.43. The molecule has 1 rings (SSSR count). The summed E-state index contributed by atoms with van der Waals surface area (Å²) in [5.74, 6) is 0.928. The monoisotopic (exact) mass is 194 g/mol. The summed E-state index contributed by atoms with van der Waals surface area (Å²) >= 11 is 0. The van der Waals surface area contributed by atoms with Crippen molar-refractivity contribution in [3.8, 4) is 0 Å². The summed E-state index contributed by atoms with van der Waals surface area (Å²) in [6.45, 7) is 9.49. The van der Waals surface area contributed by atoms with Crippen LogP contribution in [0.2, 0.25) is 0 Å². The minimum atomic E-state index is 0.560. The first-order valence-electron chi connectivity index (χ1n) is 6.28. The van der Waals surface area contributed by atoms with E-state index in [1.54, 1.807) is 5.57 Å². The zero-order chi connectivity index (χ0) is 10.6. The minimum Gasteiger partial charge on any atom is -0.0850 e. The van der Waals surface area contributed by atoms with Crippen molar-refractivity contribution in [1.82, 2.24) is 0 Å². The van der Waals surface area contributed by atoms with Gasteiger partial charge in [-0.3, -0.25) is 0 Å². The molecule has 0 bridgehead atoms. The standard InChI is InChI=1S/C14H26/c1-5-11-14(3,4)13-9-7-12(6-2)8-10-13/h7,13H,5-6,8-11H2,1-4H3. The Balaban J connectivity index is 2.52. The van der Waals surface area contributed by atoms with Crippen LogP contribution in [0.3, 0.4) is 0 Å². The van der Waals surface area contributed by atoms with Crippen molar-refractivity contribution in [2.75, 3.05) is 0 Å². The minimum absolute atomic E-state index is 0.560. The van der Waals surface area contributed by atoms with Gasteiger partial charge in [0.2, 0.25) is 0 Å². The van der Waals surface area contributed by atoms with Crippen molar-refractivity contribution in [2.45, 2.75) is 66.2 Å². The molecule has 1 aliphatic carbocycles. The lowest BCUT2D eigenvalue weighted by atomic mass is 9.69. The van der Waals surface area contributed by atoms with Gasteiger partial charge >= 0.3 is 0 Å². The van der Waals surface area contributed by atoms with Crippen molar-refractivity contribution in [3.05, 3.63) is 11.6 Å². The summed E-state index contributed by atoms with van der Waals surface area (Å²) in [7, 11) is 0. The molecule has 0 nitrogen and oxygen atoms in total. The number of rotatable bonds is 4. The Morgan fingerprint density at radius 2 is 2.07 bits per heavy atom. The third-order valence-corrected chi connectivity index (χ3v) is 3.96. The van der Waals surface area contributed by atoms with Crippen LogP contribution in [0.25, 0.3) is 0 Å². The highest BCUT2D eigenvalue weighted by Crippen LogP contribution is 2.40. The maximum Gasteiger partial charge on any atom is -0.0314 e. The van der Waals surface area contributed by atoms with Gasteiger partial charge in [-0.1, -0.05) is 45.8 Å². The third-order valence-electron chi connectivity index (χ3n) is 3.96. The number of allylic oxidation sites excluding steroid dienone is 2. The molecule has 0 spiro atoms. The molecule has 1 aliphatic rings. The van der Waals surface area contributed by atoms with Crippen molar-refractivity contribution in [2.24, 2.45) is 11.3 Å². The molecule has 0 saturated heterocycles. The quantitative estimate of drug-likeness (QED) is 0.555. The second-order valence-corrected chi connectivity index (χ2v) is 5.43. The van der Waals surface area contributed by atoms with E-state index in [0.717, 1.165) is 5.92 Å². The Labute approximate surface area is 89.8 Å². The zero-order valence-electron chi connectivity index (χ0n) is 10.4. The highest BCUT2D eigenvalue weighted by molar-refractivity contribution is 5.07. The van der Waals surface area contributed by atoms with E-state index in [1.165, 1.54) is 38.5 Å². The van der Waals surface area contributed by atoms with Crippen LogP contribution < -0.4 is 0 Å². The summed E-state index contributed by atoms with van der Waals surface area (Å²) in [4.78, 5) is 0. The molecule has 0 radical (unpaired) electrons. The molecule has 0 fully saturated rings. The van der Waals surface area contributed by atoms with Gasteiger partial charge in [0.15, 0.2) is 0 Å². The third kappa shape index (κ3) is 2.87. The van der Waals surface area contributed by atoms with Gasteiger partial charge in [-0.05, 0) is 43.4 Å². The molecule has 0 aromatic carbocycles. The van der Waals surface area contributed by atoms with Gasteiger partial charge in [-0.15, -0.1) is 0 Å². The van der Waals surface area contributed by atoms with Crippen molar-refractivity contribution in [1.29, 1.82) is 0 Å². The van der Waals surface area contributed by atoms with Crippen LogP contribution in [-0.2, 0) is 0 Å². The first-order chi connectivity index (χ1) is 6.60. The van der Waals surface area contributed by atoms with Gasteiger partial charge in [0.1, 0.15) is 0 Å². The van der Waals surface area contributed by atoms with Gasteiger partial charge in [0, 0.05) is 0 Å². The largest absolute Gasteiger partial charge is 0.0850 e. The van der Waals surface area contributed by atoms with Crippen LogP contribution in [0.15, 0.2) is 11.6 Å². The van der Waals surface area contributed by atoms with E-state index in [-0.39, 0.29) is 0 Å². The van der Waals surface area contributed by atoms with Gasteiger partial charge in [-0.25, -0.2) is 0 Å². The highest BCUT2D eigenvalue weighted by atomic mass is 14.3. The summed E-state index contributed by atoms with van der Waals surface area (Å²) in [5, 5.41) is 0. The first kappa shape index (κ1) is 11.8. The smallest absolute Gasteiger partial charge is 0.0314 e. The maximum absolute atomic E-state index is 2.51. The first-order valence-corrected chi connectivity index (χ1v) is 6.28. The van der Waals surface area contributed by atoms with E-state index in [1.807, 2.05) is 0 Å². The van der Waals surface area contributed by atoms with Crippen LogP contribution in [0.5, 0.6) is 0 Å². The van der Waals surface area contributed by atoms with E-state index in [2.05, 4.69) is 33.8 Å². The fraction of sp³-hybridized carbons (Fsp3) is 0.857. The molecule has 0 aromatic rings. The average molecular weight is 194 g/mol. The van der Waals surface area contributed by atoms with E-state index in [4.69, 9.17) is 0 Å². The SMILES string of the molecule is CCCC(C)(C)C1CC=C(CC)CC1. The molecular weight excluding hydrogens is 168 g/mol. The van der Waals surface area contributed by atoms with Crippen molar-refractivity contribution >= 4 is 0 Å². The van der Waals surface area contributed by atoms with Gasteiger partial charge in [0.25, 0.3) is 0 Å². The van der Waals surface area contributed by atoms with E-state index in [0.29, 0.717) is 5.41 Å². The maximum atomic E-state index is 2.51. The van der Waals surface area contributed by atoms with Crippen LogP contribution in [0.4, 0.5) is 0 Å². The number of hydrogen-bond acceptors (Lipinski definition) is 0. The molecule has 0 saturated carbocycles. The lowest BCUT2D eigenvalue weighted by Gasteiger charge is -2.36.